The van der Waals surface area contributed by atoms with Crippen molar-refractivity contribution in [1.82, 2.24) is 14.9 Å². The molecule has 7 heteroatoms. The molecule has 2 aliphatic rings. The van der Waals surface area contributed by atoms with Crippen LogP contribution in [0.4, 0.5) is 0 Å². The number of methoxy groups -OCH3 is 1. The molecule has 31 heavy (non-hydrogen) atoms. The molecule has 0 bridgehead atoms. The highest BCUT2D eigenvalue weighted by Crippen LogP contribution is 2.39. The van der Waals surface area contributed by atoms with Gasteiger partial charge in [0, 0.05) is 48.1 Å². The number of nitrogens with one attached hydrogen (secondary N) is 1. The van der Waals surface area contributed by atoms with E-state index in [1.54, 1.807) is 7.11 Å². The van der Waals surface area contributed by atoms with Crippen molar-refractivity contribution >= 4 is 5.97 Å². The Labute approximate surface area is 180 Å². The summed E-state index contributed by atoms with van der Waals surface area (Å²) in [4.78, 5) is 22.4. The Morgan fingerprint density at radius 1 is 1.29 bits per heavy atom. The zero-order valence-electron chi connectivity index (χ0n) is 17.7. The van der Waals surface area contributed by atoms with E-state index in [4.69, 9.17) is 10.5 Å². The molecular formula is C24H26N4O3. The second-order valence-corrected chi connectivity index (χ2v) is 8.80. The standard InChI is InChI=1S/C24H26N4O3/c1-28-12-24(25,13-28)10-20-21(23(29)30)17-8-5-15-11-26-19(9-18(15)22(17)27-20)14-3-6-16(31-2)7-4-14/h3-4,6-7,9,11,27H,5,8,10,12-13,25H2,1-2H3,(H,29,30). The molecular weight excluding hydrogens is 392 g/mol. The molecule has 1 saturated heterocycles. The first-order valence-corrected chi connectivity index (χ1v) is 10.4. The van der Waals surface area contributed by atoms with E-state index in [-0.39, 0.29) is 5.54 Å². The monoisotopic (exact) mass is 418 g/mol. The van der Waals surface area contributed by atoms with Crippen molar-refractivity contribution in [1.29, 1.82) is 0 Å². The lowest BCUT2D eigenvalue weighted by Gasteiger charge is -2.45. The number of carboxylic acid groups (broad SMARTS) is 1. The van der Waals surface area contributed by atoms with Crippen LogP contribution in [0.15, 0.2) is 36.5 Å². The summed E-state index contributed by atoms with van der Waals surface area (Å²) in [5, 5.41) is 9.98. The summed E-state index contributed by atoms with van der Waals surface area (Å²) in [6.07, 6.45) is 3.88. The van der Waals surface area contributed by atoms with Crippen molar-refractivity contribution in [2.24, 2.45) is 5.73 Å². The van der Waals surface area contributed by atoms with Gasteiger partial charge in [-0.3, -0.25) is 4.98 Å². The van der Waals surface area contributed by atoms with Crippen LogP contribution in [0.1, 0.15) is 27.2 Å². The highest BCUT2D eigenvalue weighted by atomic mass is 16.5. The Hall–Kier alpha value is -3.16. The van der Waals surface area contributed by atoms with Crippen LogP contribution >= 0.6 is 0 Å². The minimum atomic E-state index is -0.892. The molecule has 3 aromatic rings. The van der Waals surface area contributed by atoms with E-state index in [1.807, 2.05) is 37.5 Å². The number of carboxylic acids is 1. The average molecular weight is 418 g/mol. The number of rotatable bonds is 5. The van der Waals surface area contributed by atoms with Crippen LogP contribution in [0.3, 0.4) is 0 Å². The largest absolute Gasteiger partial charge is 0.497 e. The molecule has 3 heterocycles. The van der Waals surface area contributed by atoms with Gasteiger partial charge in [0.2, 0.25) is 0 Å². The molecule has 0 radical (unpaired) electrons. The minimum Gasteiger partial charge on any atom is -0.497 e. The first-order valence-electron chi connectivity index (χ1n) is 10.4. The number of carbonyl (C=O) groups is 1. The summed E-state index contributed by atoms with van der Waals surface area (Å²) >= 11 is 0. The maximum atomic E-state index is 12.2. The molecule has 2 aromatic heterocycles. The van der Waals surface area contributed by atoms with Crippen molar-refractivity contribution in [2.45, 2.75) is 24.8 Å². The summed E-state index contributed by atoms with van der Waals surface area (Å²) in [5.41, 5.74) is 13.0. The molecule has 1 fully saturated rings. The van der Waals surface area contributed by atoms with Crippen LogP contribution in [0.25, 0.3) is 22.5 Å². The first kappa shape index (κ1) is 19.8. The van der Waals surface area contributed by atoms with Gasteiger partial charge in [-0.05, 0) is 61.3 Å². The number of H-pyrrole nitrogens is 1. The van der Waals surface area contributed by atoms with Crippen molar-refractivity contribution in [3.8, 4) is 28.3 Å². The van der Waals surface area contributed by atoms with Gasteiger partial charge in [-0.1, -0.05) is 0 Å². The van der Waals surface area contributed by atoms with Gasteiger partial charge in [-0.2, -0.15) is 0 Å². The highest BCUT2D eigenvalue weighted by Gasteiger charge is 2.39. The van der Waals surface area contributed by atoms with Gasteiger partial charge >= 0.3 is 5.97 Å². The summed E-state index contributed by atoms with van der Waals surface area (Å²) in [5.74, 6) is -0.0990. The number of hydrogen-bond acceptors (Lipinski definition) is 5. The van der Waals surface area contributed by atoms with Crippen molar-refractivity contribution in [2.75, 3.05) is 27.2 Å². The number of likely N-dealkylation sites (tertiary alicyclic amines) is 1. The fourth-order valence-electron chi connectivity index (χ4n) is 5.05. The fraction of sp³-hybridized carbons (Fsp3) is 0.333. The number of nitrogens with zero attached hydrogens (tertiary/aromatic N) is 2. The number of aryl methyl sites for hydroxylation is 1. The van der Waals surface area contributed by atoms with E-state index in [0.29, 0.717) is 18.4 Å². The molecule has 0 amide bonds. The van der Waals surface area contributed by atoms with Gasteiger partial charge in [0.1, 0.15) is 5.75 Å². The predicted molar refractivity (Wildman–Crippen MR) is 118 cm³/mol. The highest BCUT2D eigenvalue weighted by molar-refractivity contribution is 5.95. The molecule has 0 atom stereocenters. The number of pyridine rings is 1. The van der Waals surface area contributed by atoms with Crippen LogP contribution in [-0.2, 0) is 19.3 Å². The zero-order chi connectivity index (χ0) is 21.8. The smallest absolute Gasteiger partial charge is 0.337 e. The lowest BCUT2D eigenvalue weighted by molar-refractivity contribution is 0.0691. The van der Waals surface area contributed by atoms with E-state index in [2.05, 4.69) is 20.9 Å². The lowest BCUT2D eigenvalue weighted by atomic mass is 9.84. The van der Waals surface area contributed by atoms with E-state index in [9.17, 15) is 9.90 Å². The maximum absolute atomic E-state index is 12.2. The molecule has 4 N–H and O–H groups in total. The van der Waals surface area contributed by atoms with E-state index in [1.165, 1.54) is 0 Å². The van der Waals surface area contributed by atoms with Crippen molar-refractivity contribution < 1.29 is 14.6 Å². The molecule has 1 aromatic carbocycles. The van der Waals surface area contributed by atoms with Gasteiger partial charge in [-0.15, -0.1) is 0 Å². The van der Waals surface area contributed by atoms with Gasteiger partial charge < -0.3 is 25.5 Å². The maximum Gasteiger partial charge on any atom is 0.337 e. The lowest BCUT2D eigenvalue weighted by Crippen LogP contribution is -2.67. The van der Waals surface area contributed by atoms with Crippen LogP contribution in [0, 0.1) is 0 Å². The number of benzene rings is 1. The quantitative estimate of drug-likeness (QED) is 0.589. The molecule has 7 nitrogen and oxygen atoms in total. The Balaban J connectivity index is 1.57. The van der Waals surface area contributed by atoms with Crippen LogP contribution in [-0.4, -0.2) is 58.7 Å². The second kappa shape index (κ2) is 7.21. The zero-order valence-corrected chi connectivity index (χ0v) is 17.7. The number of hydrogen-bond donors (Lipinski definition) is 3. The number of aromatic carboxylic acids is 1. The Morgan fingerprint density at radius 2 is 2.03 bits per heavy atom. The van der Waals surface area contributed by atoms with Crippen molar-refractivity contribution in [3.63, 3.8) is 0 Å². The molecule has 0 spiro atoms. The van der Waals surface area contributed by atoms with E-state index in [0.717, 1.165) is 64.6 Å². The van der Waals surface area contributed by atoms with Gasteiger partial charge in [0.05, 0.1) is 24.1 Å². The van der Waals surface area contributed by atoms with Gasteiger partial charge in [0.15, 0.2) is 0 Å². The third kappa shape index (κ3) is 3.40. The fourth-order valence-corrected chi connectivity index (χ4v) is 5.05. The second-order valence-electron chi connectivity index (χ2n) is 8.80. The topological polar surface area (TPSA) is 104 Å². The average Bonchev–Trinajstić information content (AvgIpc) is 3.10. The van der Waals surface area contributed by atoms with E-state index < -0.39 is 5.97 Å². The number of fused-ring (bicyclic) bond motifs is 3. The predicted octanol–water partition coefficient (Wildman–Crippen LogP) is 2.73. The molecule has 0 unspecified atom stereocenters. The molecule has 1 aliphatic heterocycles. The molecule has 1 aliphatic carbocycles. The number of aromatic nitrogens is 2. The van der Waals surface area contributed by atoms with E-state index >= 15 is 0 Å². The third-order valence-electron chi connectivity index (χ3n) is 6.38. The number of likely N-dealkylation sites (N-methyl/N-ethyl adjacent to an activating group) is 1. The Kier molecular flexibility index (Phi) is 4.60. The molecule has 5 rings (SSSR count). The summed E-state index contributed by atoms with van der Waals surface area (Å²) in [7, 11) is 3.66. The Bertz CT molecular complexity index is 1160. The number of nitrogens with two attached hydrogens (primary N) is 1. The van der Waals surface area contributed by atoms with Gasteiger partial charge in [-0.25, -0.2) is 4.79 Å². The summed E-state index contributed by atoms with van der Waals surface area (Å²) in [6, 6.07) is 9.83. The molecule has 0 saturated carbocycles. The van der Waals surface area contributed by atoms with Crippen LogP contribution < -0.4 is 10.5 Å². The molecule has 160 valence electrons. The first-order chi connectivity index (χ1) is 14.9. The van der Waals surface area contributed by atoms with Crippen molar-refractivity contribution in [3.05, 3.63) is 58.9 Å². The Morgan fingerprint density at radius 3 is 2.68 bits per heavy atom. The number of ether oxygens (including phenoxy) is 1. The number of aromatic amines is 1. The third-order valence-corrected chi connectivity index (χ3v) is 6.38. The minimum absolute atomic E-state index is 0.387. The van der Waals surface area contributed by atoms with Crippen LogP contribution in [0.2, 0.25) is 0 Å². The summed E-state index contributed by atoms with van der Waals surface area (Å²) in [6.45, 7) is 1.52. The summed E-state index contributed by atoms with van der Waals surface area (Å²) < 4.78 is 5.25. The van der Waals surface area contributed by atoms with Crippen LogP contribution in [0.5, 0.6) is 5.75 Å². The SMILES string of the molecule is COc1ccc(-c2cc3c(cn2)CCc2c-3[nH]c(CC3(N)CN(C)C3)c2C(=O)O)cc1. The van der Waals surface area contributed by atoms with Gasteiger partial charge in [0.25, 0.3) is 0 Å². The normalized spacial score (nSPS) is 16.9.